The normalized spacial score (nSPS) is 20.0. The molecule has 12 heteroatoms. The fraction of sp³-hybridized carbons (Fsp3) is 0.625. The molecular formula is C96H132O12. The molecule has 0 unspecified atom stereocenters. The predicted octanol–water partition coefficient (Wildman–Crippen LogP) is 19.8. The smallest absolute Gasteiger partial charge is 0.126 e. The molecule has 588 valence electrons. The van der Waals surface area contributed by atoms with Gasteiger partial charge in [-0.05, 0) is 133 Å². The Balaban J connectivity index is 1.15. The molecular weight excluding hydrogens is 1350 g/mol. The van der Waals surface area contributed by atoms with Gasteiger partial charge in [0.05, 0.1) is 119 Å². The fourth-order valence-corrected chi connectivity index (χ4v) is 15.7. The van der Waals surface area contributed by atoms with Gasteiger partial charge < -0.3 is 56.8 Å². The molecule has 12 bridgehead atoms. The number of hydrogen-bond donors (Lipinski definition) is 0. The van der Waals surface area contributed by atoms with Crippen molar-refractivity contribution in [1.82, 2.24) is 0 Å². The molecule has 6 saturated heterocycles. The van der Waals surface area contributed by atoms with Crippen LogP contribution in [0.25, 0.3) is 0 Å². The van der Waals surface area contributed by atoms with Gasteiger partial charge >= 0.3 is 0 Å². The van der Waals surface area contributed by atoms with Crippen LogP contribution in [0.15, 0.2) is 72.8 Å². The first-order valence-electron chi connectivity index (χ1n) is 40.5. The van der Waals surface area contributed by atoms with Crippen molar-refractivity contribution in [3.8, 4) is 34.5 Å². The van der Waals surface area contributed by atoms with Crippen molar-refractivity contribution in [2.45, 2.75) is 237 Å². The summed E-state index contributed by atoms with van der Waals surface area (Å²) in [7, 11) is 0. The Kier molecular flexibility index (Phi) is 21.6. The van der Waals surface area contributed by atoms with E-state index in [-0.39, 0.29) is 65.0 Å². The number of benzene rings is 6. The van der Waals surface area contributed by atoms with Gasteiger partial charge in [-0.3, -0.25) is 0 Å². The molecule has 0 amide bonds. The second-order valence-electron chi connectivity index (χ2n) is 42.9. The van der Waals surface area contributed by atoms with E-state index in [1.165, 1.54) is 33.4 Å². The Bertz CT molecular complexity index is 3440. The SMILES string of the molecule is CC1(COc2c3cc(C(C)(C)C)cc2Cc2cc(C(C)(C)C)cc(c2OCC2(C)COC2)Cc2cc(C(C)(C)C)cc(c2OCC2(C)COC2)Cc2cc(C(C)(C)C)cc(c2OCC2(C)COC2)Cc2cc(C(C)(C)C)cc(c2OCC2(C)COC2)Cc2cc(C(C)(C)C)cc(c2OCC2(C)COC2)C3)COC1. The van der Waals surface area contributed by atoms with Crippen molar-refractivity contribution in [3.63, 3.8) is 0 Å². The lowest BCUT2D eigenvalue weighted by atomic mass is 9.79. The summed E-state index contributed by atoms with van der Waals surface area (Å²) < 4.78 is 81.9. The highest BCUT2D eigenvalue weighted by atomic mass is 16.5. The summed E-state index contributed by atoms with van der Waals surface area (Å²) in [5.74, 6) is 5.42. The first-order chi connectivity index (χ1) is 50.2. The average molecular weight is 1480 g/mol. The van der Waals surface area contributed by atoms with Crippen molar-refractivity contribution >= 4 is 0 Å². The van der Waals surface area contributed by atoms with Crippen molar-refractivity contribution in [3.05, 3.63) is 173 Å². The van der Waals surface area contributed by atoms with Crippen LogP contribution in [0, 0.1) is 32.5 Å². The minimum absolute atomic E-state index is 0.165. The Morgan fingerprint density at radius 1 is 0.204 bits per heavy atom. The van der Waals surface area contributed by atoms with Crippen LogP contribution in [0.5, 0.6) is 34.5 Å². The highest BCUT2D eigenvalue weighted by molar-refractivity contribution is 5.62. The van der Waals surface area contributed by atoms with Gasteiger partial charge in [-0.25, -0.2) is 0 Å². The number of fused-ring (bicyclic) bond motifs is 12. The van der Waals surface area contributed by atoms with Crippen LogP contribution in [0.2, 0.25) is 0 Å². The van der Waals surface area contributed by atoms with E-state index in [1.807, 2.05) is 0 Å². The molecule has 0 N–H and O–H groups in total. The third kappa shape index (κ3) is 17.9. The molecule has 0 spiro atoms. The van der Waals surface area contributed by atoms with E-state index in [0.717, 1.165) is 101 Å². The van der Waals surface area contributed by atoms with E-state index in [4.69, 9.17) is 56.8 Å². The monoisotopic (exact) mass is 1480 g/mol. The van der Waals surface area contributed by atoms with E-state index in [0.29, 0.717) is 157 Å². The minimum Gasteiger partial charge on any atom is -0.492 e. The van der Waals surface area contributed by atoms with Crippen molar-refractivity contribution in [1.29, 1.82) is 0 Å². The molecule has 6 aromatic carbocycles. The Hall–Kier alpha value is -6.12. The van der Waals surface area contributed by atoms with Gasteiger partial charge in [0, 0.05) is 71.0 Å². The molecule has 1 aliphatic carbocycles. The third-order valence-corrected chi connectivity index (χ3v) is 23.7. The van der Waals surface area contributed by atoms with Crippen LogP contribution in [-0.4, -0.2) is 119 Å². The van der Waals surface area contributed by atoms with Gasteiger partial charge in [-0.2, -0.15) is 0 Å². The van der Waals surface area contributed by atoms with Gasteiger partial charge in [-0.1, -0.05) is 239 Å². The molecule has 13 rings (SSSR count). The summed E-state index contributed by atoms with van der Waals surface area (Å²) in [5.41, 5.74) is 18.4. The molecule has 0 atom stereocenters. The zero-order valence-corrected chi connectivity index (χ0v) is 70.8. The summed E-state index contributed by atoms with van der Waals surface area (Å²) in [4.78, 5) is 0. The largest absolute Gasteiger partial charge is 0.492 e. The van der Waals surface area contributed by atoms with Gasteiger partial charge in [0.15, 0.2) is 0 Å². The summed E-state index contributed by atoms with van der Waals surface area (Å²) >= 11 is 0. The van der Waals surface area contributed by atoms with Crippen LogP contribution in [-0.2, 0) is 99.4 Å². The van der Waals surface area contributed by atoms with Gasteiger partial charge in [0.25, 0.3) is 0 Å². The molecule has 7 aliphatic rings. The quantitative estimate of drug-likeness (QED) is 0.0816. The molecule has 0 radical (unpaired) electrons. The topological polar surface area (TPSA) is 111 Å². The van der Waals surface area contributed by atoms with Crippen LogP contribution in [0.1, 0.15) is 266 Å². The van der Waals surface area contributed by atoms with Crippen LogP contribution < -0.4 is 28.4 Å². The Morgan fingerprint density at radius 2 is 0.306 bits per heavy atom. The lowest BCUT2D eigenvalue weighted by molar-refractivity contribution is -0.120. The first-order valence-corrected chi connectivity index (χ1v) is 40.5. The molecule has 6 fully saturated rings. The van der Waals surface area contributed by atoms with Gasteiger partial charge in [0.2, 0.25) is 0 Å². The molecule has 0 aromatic heterocycles. The molecule has 0 saturated carbocycles. The molecule has 6 aromatic rings. The Morgan fingerprint density at radius 3 is 0.380 bits per heavy atom. The highest BCUT2D eigenvalue weighted by Crippen LogP contribution is 2.49. The fourth-order valence-electron chi connectivity index (χ4n) is 15.7. The maximum absolute atomic E-state index is 7.65. The van der Waals surface area contributed by atoms with Crippen molar-refractivity contribution < 1.29 is 56.8 Å². The lowest BCUT2D eigenvalue weighted by Crippen LogP contribution is -2.44. The second kappa shape index (κ2) is 29.1. The van der Waals surface area contributed by atoms with Crippen LogP contribution in [0.4, 0.5) is 0 Å². The van der Waals surface area contributed by atoms with E-state index >= 15 is 0 Å². The zero-order valence-electron chi connectivity index (χ0n) is 70.8. The van der Waals surface area contributed by atoms with E-state index < -0.39 is 0 Å². The minimum atomic E-state index is -0.249. The van der Waals surface area contributed by atoms with Gasteiger partial charge in [-0.15, -0.1) is 0 Å². The number of rotatable bonds is 18. The van der Waals surface area contributed by atoms with E-state index in [1.54, 1.807) is 0 Å². The van der Waals surface area contributed by atoms with E-state index in [2.05, 4.69) is 239 Å². The average Bonchev–Trinajstić information content (AvgIpc) is 0.757. The molecule has 6 aliphatic heterocycles. The maximum Gasteiger partial charge on any atom is 0.126 e. The summed E-state index contributed by atoms with van der Waals surface area (Å²) in [5, 5.41) is 0. The second-order valence-corrected chi connectivity index (χ2v) is 42.9. The van der Waals surface area contributed by atoms with Crippen molar-refractivity contribution in [2.75, 3.05) is 119 Å². The zero-order chi connectivity index (χ0) is 77.8. The standard InChI is InChI=1S/C96H132O12/c1-85(2,3)73-31-61-25-63-33-74(86(4,5)6)35-65(80(63)104-56-92(20)45-98-46-92)27-67-37-76(88(10,11)12)39-69(82(67)106-58-94(22)49-100-50-94)29-71-41-78(90(16,17)18)42-72(84(71)108-60-96(24)53-102-54-96)30-70-40-77(89(13,14)15)38-68(83(70)107-59-95(23)51-101-52-95)28-66-36-75(87(7,8)9)34-64(81(66)105-57-93(21)47-99-48-93)26-62(32-73)79(61)103-55-91(19)43-97-44-91/h31-42H,25-30,43-60H2,1-24H3. The van der Waals surface area contributed by atoms with Crippen molar-refractivity contribution in [2.24, 2.45) is 32.5 Å². The van der Waals surface area contributed by atoms with E-state index in [9.17, 15) is 0 Å². The molecule has 12 nitrogen and oxygen atoms in total. The lowest BCUT2D eigenvalue weighted by Gasteiger charge is -2.39. The van der Waals surface area contributed by atoms with Gasteiger partial charge in [0.1, 0.15) is 34.5 Å². The Labute approximate surface area is 649 Å². The van der Waals surface area contributed by atoms with Crippen LogP contribution in [0.3, 0.4) is 0 Å². The number of ether oxygens (including phenoxy) is 12. The van der Waals surface area contributed by atoms with Crippen LogP contribution >= 0.6 is 0 Å². The number of hydrogen-bond acceptors (Lipinski definition) is 12. The summed E-state index contributed by atoms with van der Waals surface area (Å²) in [6, 6.07) is 29.4. The molecule has 6 heterocycles. The summed E-state index contributed by atoms with van der Waals surface area (Å²) in [6.45, 7) is 66.6. The first kappa shape index (κ1) is 79.9. The molecule has 108 heavy (non-hydrogen) atoms. The highest BCUT2D eigenvalue weighted by Gasteiger charge is 2.42. The maximum atomic E-state index is 7.65. The third-order valence-electron chi connectivity index (χ3n) is 23.7. The predicted molar refractivity (Wildman–Crippen MR) is 434 cm³/mol. The summed E-state index contributed by atoms with van der Waals surface area (Å²) in [6.07, 6.45) is 3.27.